The maximum absolute atomic E-state index is 13.4. The smallest absolute Gasteiger partial charge is 0.269 e. The van der Waals surface area contributed by atoms with Crippen LogP contribution in [0.2, 0.25) is 5.02 Å². The van der Waals surface area contributed by atoms with Crippen molar-refractivity contribution in [1.29, 1.82) is 0 Å². The maximum Gasteiger partial charge on any atom is 0.269 e. The van der Waals surface area contributed by atoms with Crippen LogP contribution < -0.4 is 11.0 Å². The van der Waals surface area contributed by atoms with Gasteiger partial charge in [-0.25, -0.2) is 5.01 Å². The Bertz CT molecular complexity index is 1580. The largest absolute Gasteiger partial charge is 0.321 e. The number of rotatable bonds is 4. The zero-order valence-corrected chi connectivity index (χ0v) is 19.2. The van der Waals surface area contributed by atoms with Crippen LogP contribution in [-0.4, -0.2) is 20.8 Å². The van der Waals surface area contributed by atoms with Gasteiger partial charge in [-0.15, -0.1) is 0 Å². The molecule has 5 rings (SSSR count). The molecule has 8 nitrogen and oxygen atoms in total. The maximum atomic E-state index is 13.4. The topological polar surface area (TPSA) is 108 Å². The average Bonchev–Trinajstić information content (AvgIpc) is 3.29. The van der Waals surface area contributed by atoms with Crippen molar-refractivity contribution in [3.05, 3.63) is 115 Å². The number of hydrogen-bond acceptors (Lipinski definition) is 5. The zero-order chi connectivity index (χ0) is 24.7. The lowest BCUT2D eigenvalue weighted by Gasteiger charge is -2.24. The number of carbonyl (C=O) groups is 1. The number of halogens is 1. The number of nitrogens with zero attached hydrogens (tertiary/aromatic N) is 2. The van der Waals surface area contributed by atoms with Crippen LogP contribution in [0.1, 0.15) is 24.1 Å². The van der Waals surface area contributed by atoms with Gasteiger partial charge in [0.2, 0.25) is 5.91 Å². The summed E-state index contributed by atoms with van der Waals surface area (Å²) < 4.78 is 0. The van der Waals surface area contributed by atoms with Crippen molar-refractivity contribution < 1.29 is 9.72 Å². The van der Waals surface area contributed by atoms with Crippen molar-refractivity contribution in [2.75, 3.05) is 0 Å². The number of H-pyrrole nitrogens is 1. The first-order chi connectivity index (χ1) is 16.8. The van der Waals surface area contributed by atoms with Gasteiger partial charge >= 0.3 is 0 Å². The van der Waals surface area contributed by atoms with Crippen LogP contribution in [0.4, 0.5) is 5.69 Å². The SMILES string of the molecule is CC(=O)N1NC(c2c(-c3ccccc3)c3cc(Cl)ccc3[nH]c2=O)=C[C@@H]1c1cccc([N+](=O)[O-])c1. The van der Waals surface area contributed by atoms with Crippen molar-refractivity contribution >= 4 is 39.8 Å². The van der Waals surface area contributed by atoms with Crippen molar-refractivity contribution in [2.24, 2.45) is 0 Å². The quantitative estimate of drug-likeness (QED) is 0.304. The highest BCUT2D eigenvalue weighted by molar-refractivity contribution is 6.31. The molecular formula is C26H19ClN4O4. The minimum Gasteiger partial charge on any atom is -0.321 e. The monoisotopic (exact) mass is 486 g/mol. The molecule has 0 unspecified atom stereocenters. The summed E-state index contributed by atoms with van der Waals surface area (Å²) in [6.07, 6.45) is 1.73. The van der Waals surface area contributed by atoms with E-state index >= 15 is 0 Å². The fraction of sp³-hybridized carbons (Fsp3) is 0.0769. The Morgan fingerprint density at radius 1 is 1.03 bits per heavy atom. The Morgan fingerprint density at radius 2 is 1.80 bits per heavy atom. The van der Waals surface area contributed by atoms with Gasteiger partial charge < -0.3 is 4.98 Å². The minimum atomic E-state index is -0.652. The van der Waals surface area contributed by atoms with Crippen LogP contribution in [0.3, 0.4) is 0 Å². The number of aromatic nitrogens is 1. The second-order valence-electron chi connectivity index (χ2n) is 8.14. The van der Waals surface area contributed by atoms with Crippen LogP contribution in [-0.2, 0) is 4.79 Å². The molecule has 0 saturated carbocycles. The average molecular weight is 487 g/mol. The molecule has 3 aromatic carbocycles. The number of hydrazine groups is 1. The molecule has 2 N–H and O–H groups in total. The van der Waals surface area contributed by atoms with Gasteiger partial charge in [-0.1, -0.05) is 54.1 Å². The summed E-state index contributed by atoms with van der Waals surface area (Å²) in [5.74, 6) is -0.311. The molecule has 174 valence electrons. The first kappa shape index (κ1) is 22.4. The Labute approximate surface area is 204 Å². The Hall–Kier alpha value is -4.43. The van der Waals surface area contributed by atoms with Gasteiger partial charge in [0.1, 0.15) is 0 Å². The number of amides is 1. The minimum absolute atomic E-state index is 0.0870. The zero-order valence-electron chi connectivity index (χ0n) is 18.5. The number of benzene rings is 3. The van der Waals surface area contributed by atoms with Gasteiger partial charge in [-0.2, -0.15) is 0 Å². The number of nitro groups is 1. The number of carbonyl (C=O) groups excluding carboxylic acids is 1. The van der Waals surface area contributed by atoms with Gasteiger partial charge in [0.05, 0.1) is 22.2 Å². The van der Waals surface area contributed by atoms with E-state index in [9.17, 15) is 19.7 Å². The van der Waals surface area contributed by atoms with Crippen molar-refractivity contribution in [3.63, 3.8) is 0 Å². The summed E-state index contributed by atoms with van der Waals surface area (Å²) in [6, 6.07) is 20.1. The number of non-ortho nitro benzene ring substituents is 1. The number of pyridine rings is 1. The lowest BCUT2D eigenvalue weighted by atomic mass is 9.94. The van der Waals surface area contributed by atoms with Crippen LogP contribution in [0.15, 0.2) is 83.7 Å². The molecule has 1 aromatic heterocycles. The van der Waals surface area contributed by atoms with Crippen LogP contribution in [0.5, 0.6) is 0 Å². The molecule has 0 bridgehead atoms. The summed E-state index contributed by atoms with van der Waals surface area (Å²) in [7, 11) is 0. The molecule has 2 heterocycles. The second-order valence-corrected chi connectivity index (χ2v) is 8.57. The van der Waals surface area contributed by atoms with E-state index in [4.69, 9.17) is 11.6 Å². The van der Waals surface area contributed by atoms with E-state index in [0.29, 0.717) is 32.9 Å². The number of hydrogen-bond donors (Lipinski definition) is 2. The Kier molecular flexibility index (Phi) is 5.58. The van der Waals surface area contributed by atoms with E-state index < -0.39 is 11.0 Å². The van der Waals surface area contributed by atoms with E-state index in [1.807, 2.05) is 30.3 Å². The molecular weight excluding hydrogens is 468 g/mol. The number of nitro benzene ring substituents is 1. The number of nitrogens with one attached hydrogen (secondary N) is 2. The molecule has 1 aliphatic heterocycles. The summed E-state index contributed by atoms with van der Waals surface area (Å²) in [4.78, 5) is 39.6. The van der Waals surface area contributed by atoms with Crippen LogP contribution in [0, 0.1) is 10.1 Å². The highest BCUT2D eigenvalue weighted by atomic mass is 35.5. The van der Waals surface area contributed by atoms with Gasteiger partial charge in [0.15, 0.2) is 0 Å². The third-order valence-electron chi connectivity index (χ3n) is 5.91. The summed E-state index contributed by atoms with van der Waals surface area (Å²) in [5.41, 5.74) is 6.00. The first-order valence-corrected chi connectivity index (χ1v) is 11.2. The summed E-state index contributed by atoms with van der Waals surface area (Å²) in [5, 5.41) is 13.9. The fourth-order valence-electron chi connectivity index (χ4n) is 4.38. The van der Waals surface area contributed by atoms with Gasteiger partial charge in [0.25, 0.3) is 11.2 Å². The van der Waals surface area contributed by atoms with Crippen LogP contribution in [0.25, 0.3) is 27.7 Å². The Balaban J connectivity index is 1.76. The normalized spacial score (nSPS) is 15.1. The Morgan fingerprint density at radius 3 is 2.51 bits per heavy atom. The predicted octanol–water partition coefficient (Wildman–Crippen LogP) is 5.21. The molecule has 35 heavy (non-hydrogen) atoms. The van der Waals surface area contributed by atoms with Crippen LogP contribution >= 0.6 is 11.6 Å². The third kappa shape index (κ3) is 4.04. The molecule has 0 saturated heterocycles. The van der Waals surface area contributed by atoms with Crippen molar-refractivity contribution in [1.82, 2.24) is 15.4 Å². The molecule has 0 radical (unpaired) electrons. The van der Waals surface area contributed by atoms with E-state index in [1.54, 1.807) is 36.4 Å². The predicted molar refractivity (Wildman–Crippen MR) is 134 cm³/mol. The highest BCUT2D eigenvalue weighted by Crippen LogP contribution is 2.38. The van der Waals surface area contributed by atoms with E-state index in [-0.39, 0.29) is 17.2 Å². The lowest BCUT2D eigenvalue weighted by molar-refractivity contribution is -0.384. The molecule has 9 heteroatoms. The van der Waals surface area contributed by atoms with Gasteiger partial charge in [0, 0.05) is 40.5 Å². The first-order valence-electron chi connectivity index (χ1n) is 10.8. The summed E-state index contributed by atoms with van der Waals surface area (Å²) in [6.45, 7) is 1.39. The molecule has 0 fully saturated rings. The molecule has 1 atom stereocenters. The number of aromatic amines is 1. The molecule has 4 aromatic rings. The second kappa shape index (κ2) is 8.73. The molecule has 0 spiro atoms. The van der Waals surface area contributed by atoms with E-state index in [2.05, 4.69) is 10.4 Å². The van der Waals surface area contributed by atoms with E-state index in [0.717, 1.165) is 10.9 Å². The third-order valence-corrected chi connectivity index (χ3v) is 6.15. The molecule has 1 aliphatic rings. The molecule has 1 amide bonds. The fourth-order valence-corrected chi connectivity index (χ4v) is 4.55. The van der Waals surface area contributed by atoms with Crippen molar-refractivity contribution in [2.45, 2.75) is 13.0 Å². The number of fused-ring (bicyclic) bond motifs is 1. The van der Waals surface area contributed by atoms with Crippen molar-refractivity contribution in [3.8, 4) is 11.1 Å². The van der Waals surface area contributed by atoms with Gasteiger partial charge in [-0.05, 0) is 35.4 Å². The van der Waals surface area contributed by atoms with E-state index in [1.165, 1.54) is 24.1 Å². The standard InChI is InChI=1S/C26H19ClN4O4/c1-15(32)30-23(17-8-5-9-19(12-17)31(34)35)14-22(29-30)25-24(16-6-3-2-4-7-16)20-13-18(27)10-11-21(20)28-26(25)33/h2-14,23,29H,1H3,(H,28,33)/t23-/m1/s1. The lowest BCUT2D eigenvalue weighted by Crippen LogP contribution is -2.38. The highest BCUT2D eigenvalue weighted by Gasteiger charge is 2.32. The van der Waals surface area contributed by atoms with Gasteiger partial charge in [-0.3, -0.25) is 25.1 Å². The summed E-state index contributed by atoms with van der Waals surface area (Å²) >= 11 is 6.31. The molecule has 0 aliphatic carbocycles.